The van der Waals surface area contributed by atoms with E-state index in [1.54, 1.807) is 6.92 Å². The number of carbonyl (C=O) groups excluding carboxylic acids is 1. The van der Waals surface area contributed by atoms with Gasteiger partial charge in [0.15, 0.2) is 0 Å². The van der Waals surface area contributed by atoms with Gasteiger partial charge in [0.2, 0.25) is 5.91 Å². The van der Waals surface area contributed by atoms with Crippen LogP contribution in [0.15, 0.2) is 34.9 Å². The molecule has 1 aromatic carbocycles. The molecule has 10 nitrogen and oxygen atoms in total. The summed E-state index contributed by atoms with van der Waals surface area (Å²) in [5.74, 6) is -2.16. The molecule has 0 bridgehead atoms. The largest absolute Gasteiger partial charge is 0.477 e. The normalized spacial score (nSPS) is 30.4. The van der Waals surface area contributed by atoms with Gasteiger partial charge in [-0.15, -0.1) is 11.8 Å². The second-order valence-corrected chi connectivity index (χ2v) is 11.5. The van der Waals surface area contributed by atoms with Gasteiger partial charge >= 0.3 is 5.97 Å². The third-order valence-corrected chi connectivity index (χ3v) is 8.61. The van der Waals surface area contributed by atoms with Crippen molar-refractivity contribution in [2.24, 2.45) is 17.0 Å². The van der Waals surface area contributed by atoms with Gasteiger partial charge in [-0.25, -0.2) is 9.93 Å². The Kier molecular flexibility index (Phi) is 6.60. The molecule has 12 heteroatoms. The van der Waals surface area contributed by atoms with E-state index in [0.29, 0.717) is 11.4 Å². The van der Waals surface area contributed by atoms with Crippen molar-refractivity contribution < 1.29 is 28.2 Å². The first-order valence-electron chi connectivity index (χ1n) is 10.7. The molecule has 33 heavy (non-hydrogen) atoms. The third kappa shape index (κ3) is 4.68. The Morgan fingerprint density at radius 1 is 1.36 bits per heavy atom. The molecule has 2 saturated heterocycles. The highest BCUT2D eigenvalue weighted by Gasteiger charge is 2.60. The number of rotatable bonds is 8. The first-order chi connectivity index (χ1) is 15.5. The summed E-state index contributed by atoms with van der Waals surface area (Å²) < 4.78 is 24.3. The second kappa shape index (κ2) is 9.01. The van der Waals surface area contributed by atoms with Gasteiger partial charge in [0.05, 0.1) is 18.1 Å². The van der Waals surface area contributed by atoms with E-state index >= 15 is 0 Å². The van der Waals surface area contributed by atoms with Crippen molar-refractivity contribution in [1.82, 2.24) is 14.9 Å². The molecule has 6 atom stereocenters. The van der Waals surface area contributed by atoms with Crippen molar-refractivity contribution in [1.29, 1.82) is 0 Å². The third-order valence-electron chi connectivity index (χ3n) is 6.55. The number of hydrogen-bond donors (Lipinski definition) is 5. The van der Waals surface area contributed by atoms with Crippen LogP contribution in [0.4, 0.5) is 0 Å². The lowest BCUT2D eigenvalue weighted by atomic mass is 9.79. The summed E-state index contributed by atoms with van der Waals surface area (Å²) in [6.45, 7) is 4.29. The molecule has 4 rings (SSSR count). The van der Waals surface area contributed by atoms with Gasteiger partial charge in [0.1, 0.15) is 5.70 Å². The number of fused-ring (bicyclic) bond motifs is 1. The van der Waals surface area contributed by atoms with E-state index in [2.05, 4.69) is 10.0 Å². The highest BCUT2D eigenvalue weighted by molar-refractivity contribution is 8.03. The fraction of sp³-hybridized carbons (Fsp3) is 0.524. The number of hydrogen-bond acceptors (Lipinski definition) is 7. The predicted octanol–water partition coefficient (Wildman–Crippen LogP) is 0.270. The number of nitrogens with two attached hydrogens (primary N) is 1. The maximum atomic E-state index is 12.5. The molecule has 3 aliphatic heterocycles. The molecule has 0 aromatic heterocycles. The Balaban J connectivity index is 1.43. The summed E-state index contributed by atoms with van der Waals surface area (Å²) in [5.41, 5.74) is 1.89. The zero-order valence-corrected chi connectivity index (χ0v) is 19.9. The van der Waals surface area contributed by atoms with E-state index < -0.39 is 28.2 Å². The molecule has 2 fully saturated rings. The average Bonchev–Trinajstić information content (AvgIpc) is 3.28. The molecule has 180 valence electrons. The number of aliphatic carboxylic acids is 1. The number of thioether (sulfide) groups is 1. The SMILES string of the molecule is C[C@@H](O)[C@H]1C(=O)N2C(C(=O)O)=C(S[C@@H]3CN[C@@H](c4ccc(CNS(N)(=O)=O)cc4)C3)[C@H](C)[C@H]12. The Morgan fingerprint density at radius 3 is 2.61 bits per heavy atom. The molecule has 6 N–H and O–H groups in total. The summed E-state index contributed by atoms with van der Waals surface area (Å²) in [4.78, 5) is 26.5. The number of carboxylic acids is 1. The lowest BCUT2D eigenvalue weighted by Gasteiger charge is -2.46. The average molecular weight is 497 g/mol. The van der Waals surface area contributed by atoms with Gasteiger partial charge in [-0.1, -0.05) is 31.2 Å². The summed E-state index contributed by atoms with van der Waals surface area (Å²) in [5, 5.41) is 28.3. The van der Waals surface area contributed by atoms with Crippen LogP contribution in [0.2, 0.25) is 0 Å². The summed E-state index contributed by atoms with van der Waals surface area (Å²) in [7, 11) is -3.75. The fourth-order valence-electron chi connectivity index (χ4n) is 4.96. The monoisotopic (exact) mass is 496 g/mol. The first kappa shape index (κ1) is 24.2. The molecule has 1 aromatic rings. The number of benzene rings is 1. The van der Waals surface area contributed by atoms with E-state index in [-0.39, 0.29) is 41.4 Å². The topological polar surface area (TPSA) is 162 Å². The van der Waals surface area contributed by atoms with Gasteiger partial charge in [0, 0.05) is 35.2 Å². The zero-order valence-electron chi connectivity index (χ0n) is 18.3. The predicted molar refractivity (Wildman–Crippen MR) is 123 cm³/mol. The van der Waals surface area contributed by atoms with Crippen molar-refractivity contribution in [3.05, 3.63) is 46.0 Å². The van der Waals surface area contributed by atoms with Crippen LogP contribution in [0.3, 0.4) is 0 Å². The Morgan fingerprint density at radius 2 is 2.03 bits per heavy atom. The summed E-state index contributed by atoms with van der Waals surface area (Å²) in [6, 6.07) is 7.32. The molecule has 0 radical (unpaired) electrons. The van der Waals surface area contributed by atoms with Crippen LogP contribution in [0.1, 0.15) is 37.4 Å². The molecule has 0 aliphatic carbocycles. The van der Waals surface area contributed by atoms with Crippen molar-refractivity contribution in [2.75, 3.05) is 6.54 Å². The first-order valence-corrected chi connectivity index (χ1v) is 13.2. The van der Waals surface area contributed by atoms with Gasteiger partial charge in [-0.05, 0) is 24.5 Å². The number of carbonyl (C=O) groups is 2. The van der Waals surface area contributed by atoms with Crippen LogP contribution in [0.5, 0.6) is 0 Å². The van der Waals surface area contributed by atoms with Crippen LogP contribution in [0.25, 0.3) is 0 Å². The zero-order chi connectivity index (χ0) is 24.1. The Hall–Kier alpha value is -1.96. The molecule has 0 spiro atoms. The van der Waals surface area contributed by atoms with E-state index in [4.69, 9.17) is 5.14 Å². The number of β-lactam (4-membered cyclic amide) rings is 1. The van der Waals surface area contributed by atoms with Crippen LogP contribution in [-0.2, 0) is 26.3 Å². The van der Waals surface area contributed by atoms with E-state index in [9.17, 15) is 28.2 Å². The second-order valence-electron chi connectivity index (χ2n) is 8.82. The van der Waals surface area contributed by atoms with E-state index in [1.165, 1.54) is 16.7 Å². The van der Waals surface area contributed by atoms with Gasteiger partial charge in [-0.2, -0.15) is 13.1 Å². The number of carboxylic acid groups (broad SMARTS) is 1. The quantitative estimate of drug-likeness (QED) is 0.320. The lowest BCUT2D eigenvalue weighted by Crippen LogP contribution is -2.63. The molecule has 3 heterocycles. The standard InChI is InChI=1S/C21H28N4O6S2/c1-10-17-16(11(2)26)20(27)25(17)18(21(28)29)19(10)32-14-7-15(23-9-14)13-5-3-12(4-6-13)8-24-33(22,30)31/h3-6,10-11,14-17,23-24,26H,7-9H2,1-2H3,(H,28,29)(H2,22,30,31)/t10-,11-,14+,15-,16-,17-/m1/s1. The number of nitrogens with zero attached hydrogens (tertiary/aromatic N) is 1. The van der Waals surface area contributed by atoms with Crippen LogP contribution in [-0.4, -0.2) is 59.3 Å². The van der Waals surface area contributed by atoms with Crippen molar-refractivity contribution in [2.45, 2.75) is 50.3 Å². The van der Waals surface area contributed by atoms with Crippen LogP contribution < -0.4 is 15.2 Å². The fourth-order valence-corrected chi connectivity index (χ4v) is 6.80. The Bertz CT molecular complexity index is 1090. The highest BCUT2D eigenvalue weighted by atomic mass is 32.2. The summed E-state index contributed by atoms with van der Waals surface area (Å²) >= 11 is 1.51. The lowest BCUT2D eigenvalue weighted by molar-refractivity contribution is -0.163. The molecular formula is C21H28N4O6S2. The van der Waals surface area contributed by atoms with Crippen molar-refractivity contribution in [3.8, 4) is 0 Å². The minimum absolute atomic E-state index is 0.0505. The van der Waals surface area contributed by atoms with Crippen molar-refractivity contribution >= 4 is 33.8 Å². The molecule has 1 amide bonds. The van der Waals surface area contributed by atoms with Crippen LogP contribution >= 0.6 is 11.8 Å². The maximum Gasteiger partial charge on any atom is 0.353 e. The molecule has 3 aliphatic rings. The smallest absolute Gasteiger partial charge is 0.353 e. The number of aliphatic hydroxyl groups excluding tert-OH is 1. The van der Waals surface area contributed by atoms with E-state index in [1.807, 2.05) is 31.2 Å². The van der Waals surface area contributed by atoms with Gasteiger partial charge in [0.25, 0.3) is 10.2 Å². The number of aliphatic hydroxyl groups is 1. The molecular weight excluding hydrogens is 468 g/mol. The molecule has 0 saturated carbocycles. The maximum absolute atomic E-state index is 12.5. The number of amides is 1. The van der Waals surface area contributed by atoms with Gasteiger partial charge < -0.3 is 20.4 Å². The summed E-state index contributed by atoms with van der Waals surface area (Å²) in [6.07, 6.45) is -0.0395. The van der Waals surface area contributed by atoms with Crippen molar-refractivity contribution in [3.63, 3.8) is 0 Å². The van der Waals surface area contributed by atoms with Crippen LogP contribution in [0, 0.1) is 11.8 Å². The minimum Gasteiger partial charge on any atom is -0.477 e. The Labute approximate surface area is 196 Å². The van der Waals surface area contributed by atoms with E-state index in [0.717, 1.165) is 17.5 Å². The van der Waals surface area contributed by atoms with Gasteiger partial charge in [-0.3, -0.25) is 4.79 Å². The highest BCUT2D eigenvalue weighted by Crippen LogP contribution is 2.52. The number of nitrogens with one attached hydrogen (secondary N) is 2. The molecule has 0 unspecified atom stereocenters. The minimum atomic E-state index is -3.75.